The fourth-order valence-electron chi connectivity index (χ4n) is 2.79. The van der Waals surface area contributed by atoms with Gasteiger partial charge in [0.25, 0.3) is 0 Å². The first-order chi connectivity index (χ1) is 11.0. The molecule has 2 aliphatic rings. The van der Waals surface area contributed by atoms with E-state index in [-0.39, 0.29) is 11.9 Å². The lowest BCUT2D eigenvalue weighted by Crippen LogP contribution is -2.55. The van der Waals surface area contributed by atoms with Gasteiger partial charge in [-0.1, -0.05) is 18.2 Å². The number of carbonyl (C=O) groups excluding carboxylic acids is 1. The van der Waals surface area contributed by atoms with Crippen molar-refractivity contribution in [2.24, 2.45) is 0 Å². The Morgan fingerprint density at radius 1 is 1.13 bits per heavy atom. The SMILES string of the molecule is C[C@@H](C(=O)NC1CC1)N1CCN(S(=O)(=O)c2ccccc2)CC1. The highest BCUT2D eigenvalue weighted by atomic mass is 32.2. The van der Waals surface area contributed by atoms with Crippen LogP contribution in [0, 0.1) is 0 Å². The number of carbonyl (C=O) groups is 1. The van der Waals surface area contributed by atoms with Gasteiger partial charge in [0.05, 0.1) is 10.9 Å². The number of rotatable bonds is 5. The minimum absolute atomic E-state index is 0.0480. The third-order valence-electron chi connectivity index (χ3n) is 4.51. The van der Waals surface area contributed by atoms with Crippen LogP contribution in [0.3, 0.4) is 0 Å². The molecule has 0 spiro atoms. The molecule has 1 aromatic rings. The highest BCUT2D eigenvalue weighted by molar-refractivity contribution is 7.89. The first-order valence-electron chi connectivity index (χ1n) is 8.08. The molecule has 1 aliphatic carbocycles. The summed E-state index contributed by atoms with van der Waals surface area (Å²) >= 11 is 0. The molecule has 1 saturated carbocycles. The molecule has 1 aliphatic heterocycles. The summed E-state index contributed by atoms with van der Waals surface area (Å²) in [6.07, 6.45) is 2.14. The molecule has 0 unspecified atom stereocenters. The Morgan fingerprint density at radius 2 is 1.74 bits per heavy atom. The van der Waals surface area contributed by atoms with E-state index < -0.39 is 10.0 Å². The van der Waals surface area contributed by atoms with Gasteiger partial charge in [0.15, 0.2) is 0 Å². The number of nitrogens with one attached hydrogen (secondary N) is 1. The molecule has 126 valence electrons. The molecule has 3 rings (SSSR count). The third kappa shape index (κ3) is 3.73. The zero-order chi connectivity index (χ0) is 16.4. The molecule has 0 aromatic heterocycles. The van der Waals surface area contributed by atoms with Crippen molar-refractivity contribution < 1.29 is 13.2 Å². The molecule has 1 N–H and O–H groups in total. The first kappa shape index (κ1) is 16.4. The molecule has 6 nitrogen and oxygen atoms in total. The summed E-state index contributed by atoms with van der Waals surface area (Å²) < 4.78 is 26.7. The average Bonchev–Trinajstić information content (AvgIpc) is 3.39. The van der Waals surface area contributed by atoms with E-state index in [1.807, 2.05) is 6.92 Å². The Kier molecular flexibility index (Phi) is 4.70. The summed E-state index contributed by atoms with van der Waals surface area (Å²) in [5, 5.41) is 3.01. The maximum Gasteiger partial charge on any atom is 0.243 e. The summed E-state index contributed by atoms with van der Waals surface area (Å²) in [6.45, 7) is 3.87. The van der Waals surface area contributed by atoms with Crippen LogP contribution in [0.2, 0.25) is 0 Å². The number of sulfonamides is 1. The highest BCUT2D eigenvalue weighted by Gasteiger charge is 2.33. The second-order valence-electron chi connectivity index (χ2n) is 6.21. The van der Waals surface area contributed by atoms with Crippen LogP contribution in [0.4, 0.5) is 0 Å². The van der Waals surface area contributed by atoms with E-state index in [1.165, 1.54) is 4.31 Å². The van der Waals surface area contributed by atoms with Crippen LogP contribution in [-0.4, -0.2) is 61.8 Å². The summed E-state index contributed by atoms with van der Waals surface area (Å²) in [5.74, 6) is 0.0480. The molecular weight excluding hydrogens is 314 g/mol. The molecule has 2 fully saturated rings. The van der Waals surface area contributed by atoms with Crippen LogP contribution < -0.4 is 5.32 Å². The van der Waals surface area contributed by atoms with Crippen molar-refractivity contribution in [3.63, 3.8) is 0 Å². The number of amides is 1. The number of hydrogen-bond donors (Lipinski definition) is 1. The van der Waals surface area contributed by atoms with Gasteiger partial charge >= 0.3 is 0 Å². The van der Waals surface area contributed by atoms with Crippen molar-refractivity contribution in [2.45, 2.75) is 36.7 Å². The standard InChI is InChI=1S/C16H23N3O3S/c1-13(16(20)17-14-7-8-14)18-9-11-19(12-10-18)23(21,22)15-5-3-2-4-6-15/h2-6,13-14H,7-12H2,1H3,(H,17,20)/t13-/m0/s1. The number of piperazine rings is 1. The van der Waals surface area contributed by atoms with Gasteiger partial charge in [0.2, 0.25) is 15.9 Å². The second kappa shape index (κ2) is 6.59. The van der Waals surface area contributed by atoms with E-state index in [0.717, 1.165) is 12.8 Å². The molecule has 1 saturated heterocycles. The van der Waals surface area contributed by atoms with Crippen LogP contribution in [-0.2, 0) is 14.8 Å². The van der Waals surface area contributed by atoms with Crippen molar-refractivity contribution in [2.75, 3.05) is 26.2 Å². The molecule has 23 heavy (non-hydrogen) atoms. The minimum atomic E-state index is -3.43. The van der Waals surface area contributed by atoms with Gasteiger partial charge in [-0.2, -0.15) is 4.31 Å². The number of hydrogen-bond acceptors (Lipinski definition) is 4. The molecule has 1 atom stereocenters. The lowest BCUT2D eigenvalue weighted by atomic mass is 10.2. The minimum Gasteiger partial charge on any atom is -0.352 e. The predicted molar refractivity (Wildman–Crippen MR) is 87.4 cm³/mol. The van der Waals surface area contributed by atoms with Crippen molar-refractivity contribution in [3.8, 4) is 0 Å². The number of nitrogens with zero attached hydrogens (tertiary/aromatic N) is 2. The molecule has 0 bridgehead atoms. The van der Waals surface area contributed by atoms with E-state index in [9.17, 15) is 13.2 Å². The van der Waals surface area contributed by atoms with Crippen LogP contribution in [0.1, 0.15) is 19.8 Å². The Labute approximate surface area is 137 Å². The Morgan fingerprint density at radius 3 is 2.30 bits per heavy atom. The number of benzene rings is 1. The largest absolute Gasteiger partial charge is 0.352 e. The van der Waals surface area contributed by atoms with E-state index in [0.29, 0.717) is 37.1 Å². The second-order valence-corrected chi connectivity index (χ2v) is 8.15. The molecular formula is C16H23N3O3S. The van der Waals surface area contributed by atoms with Crippen LogP contribution in [0.25, 0.3) is 0 Å². The Hall–Kier alpha value is -1.44. The molecule has 0 radical (unpaired) electrons. The molecule has 1 heterocycles. The van der Waals surface area contributed by atoms with Crippen molar-refractivity contribution in [1.29, 1.82) is 0 Å². The summed E-state index contributed by atoms with van der Waals surface area (Å²) in [7, 11) is -3.43. The normalized spacial score (nSPS) is 21.8. The highest BCUT2D eigenvalue weighted by Crippen LogP contribution is 2.20. The lowest BCUT2D eigenvalue weighted by Gasteiger charge is -2.36. The summed E-state index contributed by atoms with van der Waals surface area (Å²) in [4.78, 5) is 14.5. The molecule has 7 heteroatoms. The van der Waals surface area contributed by atoms with E-state index in [2.05, 4.69) is 10.2 Å². The predicted octanol–water partition coefficient (Wildman–Crippen LogP) is 0.660. The van der Waals surface area contributed by atoms with Crippen LogP contribution in [0.15, 0.2) is 35.2 Å². The van der Waals surface area contributed by atoms with Gasteiger partial charge in [-0.05, 0) is 31.9 Å². The maximum atomic E-state index is 12.6. The van der Waals surface area contributed by atoms with Gasteiger partial charge in [-0.15, -0.1) is 0 Å². The maximum absolute atomic E-state index is 12.6. The Bertz CT molecular complexity index is 650. The van der Waals surface area contributed by atoms with Crippen LogP contribution >= 0.6 is 0 Å². The van der Waals surface area contributed by atoms with E-state index in [4.69, 9.17) is 0 Å². The van der Waals surface area contributed by atoms with Crippen molar-refractivity contribution in [3.05, 3.63) is 30.3 Å². The van der Waals surface area contributed by atoms with Gasteiger partial charge in [0.1, 0.15) is 0 Å². The Balaban J connectivity index is 1.58. The summed E-state index contributed by atoms with van der Waals surface area (Å²) in [5.41, 5.74) is 0. The topological polar surface area (TPSA) is 69.7 Å². The molecule has 1 amide bonds. The quantitative estimate of drug-likeness (QED) is 0.857. The third-order valence-corrected chi connectivity index (χ3v) is 6.42. The van der Waals surface area contributed by atoms with Crippen molar-refractivity contribution in [1.82, 2.24) is 14.5 Å². The van der Waals surface area contributed by atoms with E-state index >= 15 is 0 Å². The fraction of sp³-hybridized carbons (Fsp3) is 0.562. The monoisotopic (exact) mass is 337 g/mol. The summed E-state index contributed by atoms with van der Waals surface area (Å²) in [6, 6.07) is 8.64. The van der Waals surface area contributed by atoms with E-state index in [1.54, 1.807) is 30.3 Å². The molecule has 1 aromatic carbocycles. The smallest absolute Gasteiger partial charge is 0.243 e. The lowest BCUT2D eigenvalue weighted by molar-refractivity contribution is -0.126. The first-order valence-corrected chi connectivity index (χ1v) is 9.52. The van der Waals surface area contributed by atoms with Gasteiger partial charge in [-0.25, -0.2) is 8.42 Å². The zero-order valence-corrected chi connectivity index (χ0v) is 14.1. The average molecular weight is 337 g/mol. The van der Waals surface area contributed by atoms with Crippen molar-refractivity contribution >= 4 is 15.9 Å². The fourth-order valence-corrected chi connectivity index (χ4v) is 4.23. The van der Waals surface area contributed by atoms with Crippen LogP contribution in [0.5, 0.6) is 0 Å². The van der Waals surface area contributed by atoms with Gasteiger partial charge in [0, 0.05) is 32.2 Å². The van der Waals surface area contributed by atoms with Gasteiger partial charge in [-0.3, -0.25) is 9.69 Å². The zero-order valence-electron chi connectivity index (χ0n) is 13.3. The van der Waals surface area contributed by atoms with Gasteiger partial charge < -0.3 is 5.32 Å².